The predicted octanol–water partition coefficient (Wildman–Crippen LogP) is -3.07. The van der Waals surface area contributed by atoms with Gasteiger partial charge in [0.2, 0.25) is 16.6 Å². The van der Waals surface area contributed by atoms with Gasteiger partial charge in [0.15, 0.2) is 17.1 Å². The van der Waals surface area contributed by atoms with Crippen LogP contribution in [0.5, 0.6) is 0 Å². The van der Waals surface area contributed by atoms with E-state index in [9.17, 15) is 0 Å². The van der Waals surface area contributed by atoms with Crippen molar-refractivity contribution in [3.8, 4) is 0 Å². The minimum Gasteiger partial charge on any atom is -1.00 e. The van der Waals surface area contributed by atoms with E-state index < -0.39 is 0 Å². The van der Waals surface area contributed by atoms with E-state index in [1.807, 2.05) is 0 Å². The molecule has 0 aliphatic carbocycles. The lowest BCUT2D eigenvalue weighted by molar-refractivity contribution is -0.651. The Morgan fingerprint density at radius 3 is 0.821 bits per heavy atom. The number of rotatable bonds is 0. The molecule has 204 valence electrons. The van der Waals surface area contributed by atoms with Crippen LogP contribution in [0.4, 0.5) is 0 Å². The number of hydrogen-bond donors (Lipinski definition) is 0. The van der Waals surface area contributed by atoms with Crippen molar-refractivity contribution in [3.05, 3.63) is 126 Å². The molecule has 6 heteroatoms. The van der Waals surface area contributed by atoms with Crippen LogP contribution in [0.1, 0.15) is 17.1 Å². The molecule has 0 atom stereocenters. The minimum absolute atomic E-state index is 0. The highest BCUT2D eigenvalue weighted by Crippen LogP contribution is 2.10. The average Bonchev–Trinajstić information content (AvgIpc) is 2.92. The number of nitrogens with zero attached hydrogens (tertiary/aromatic N) is 3. The number of benzene rings is 3. The van der Waals surface area contributed by atoms with Crippen LogP contribution in [-0.2, 0) is 21.1 Å². The van der Waals surface area contributed by atoms with Crippen molar-refractivity contribution in [1.82, 2.24) is 0 Å². The van der Waals surface area contributed by atoms with Gasteiger partial charge >= 0.3 is 0 Å². The fraction of sp³-hybridized carbons (Fsp3) is 0.182. The number of para-hydroxylation sites is 3. The van der Waals surface area contributed by atoms with Crippen LogP contribution in [0.25, 0.3) is 32.7 Å². The minimum atomic E-state index is 0. The fourth-order valence-electron chi connectivity index (χ4n) is 4.34. The van der Waals surface area contributed by atoms with Crippen LogP contribution in [-0.4, -0.2) is 0 Å². The molecule has 0 saturated carbocycles. The van der Waals surface area contributed by atoms with Crippen molar-refractivity contribution >= 4 is 32.7 Å². The maximum absolute atomic E-state index is 2.20. The molecule has 0 amide bonds. The van der Waals surface area contributed by atoms with Gasteiger partial charge < -0.3 is 71.9 Å². The van der Waals surface area contributed by atoms with Crippen LogP contribution in [0.15, 0.2) is 109 Å². The zero-order valence-electron chi connectivity index (χ0n) is 23.4. The average molecular weight is 855 g/mol. The molecule has 0 bridgehead atoms. The SMILES string of the molecule is Cc1ccc2ccccc2[n+]1C.Cc1ccc2ccccc2[n+]1C.Cc1ccc2ccccc2[n+]1C.[I-].[I-].[I-]. The zero-order valence-corrected chi connectivity index (χ0v) is 29.8. The second kappa shape index (κ2) is 16.4. The van der Waals surface area contributed by atoms with Crippen molar-refractivity contribution in [3.63, 3.8) is 0 Å². The van der Waals surface area contributed by atoms with E-state index >= 15 is 0 Å². The Kier molecular flexibility index (Phi) is 14.7. The smallest absolute Gasteiger partial charge is 0.212 e. The highest BCUT2D eigenvalue weighted by atomic mass is 127. The molecule has 3 nitrogen and oxygen atoms in total. The van der Waals surface area contributed by atoms with Crippen molar-refractivity contribution in [2.75, 3.05) is 0 Å². The Morgan fingerprint density at radius 2 is 0.564 bits per heavy atom. The summed E-state index contributed by atoms with van der Waals surface area (Å²) in [5.41, 5.74) is 7.73. The van der Waals surface area contributed by atoms with E-state index in [1.165, 1.54) is 49.8 Å². The third-order valence-electron chi connectivity index (χ3n) is 6.99. The lowest BCUT2D eigenvalue weighted by Crippen LogP contribution is -3.00. The predicted molar refractivity (Wildman–Crippen MR) is 150 cm³/mol. The van der Waals surface area contributed by atoms with E-state index in [-0.39, 0.29) is 71.9 Å². The lowest BCUT2D eigenvalue weighted by atomic mass is 10.2. The van der Waals surface area contributed by atoms with Gasteiger partial charge in [-0.1, -0.05) is 36.4 Å². The van der Waals surface area contributed by atoms with E-state index in [0.717, 1.165) is 0 Å². The van der Waals surface area contributed by atoms with E-state index in [4.69, 9.17) is 0 Å². The molecule has 0 saturated heterocycles. The molecule has 0 N–H and O–H groups in total. The molecule has 3 aromatic carbocycles. The maximum atomic E-state index is 2.20. The quantitative estimate of drug-likeness (QED) is 0.114. The summed E-state index contributed by atoms with van der Waals surface area (Å²) < 4.78 is 6.61. The number of fused-ring (bicyclic) bond motifs is 3. The molecule has 0 aliphatic rings. The first-order valence-corrected chi connectivity index (χ1v) is 12.4. The van der Waals surface area contributed by atoms with Crippen LogP contribution in [0, 0.1) is 20.8 Å². The Bertz CT molecular complexity index is 1470. The van der Waals surface area contributed by atoms with Gasteiger partial charge in [-0.3, -0.25) is 0 Å². The van der Waals surface area contributed by atoms with Gasteiger partial charge in [-0.15, -0.1) is 0 Å². The van der Waals surface area contributed by atoms with Crippen LogP contribution in [0.2, 0.25) is 0 Å². The largest absolute Gasteiger partial charge is 1.00 e. The molecule has 0 fully saturated rings. The topological polar surface area (TPSA) is 11.6 Å². The Labute approximate surface area is 284 Å². The summed E-state index contributed by atoms with van der Waals surface area (Å²) in [6.45, 7) is 6.35. The summed E-state index contributed by atoms with van der Waals surface area (Å²) in [4.78, 5) is 0. The summed E-state index contributed by atoms with van der Waals surface area (Å²) in [5.74, 6) is 0. The summed E-state index contributed by atoms with van der Waals surface area (Å²) in [5, 5.41) is 3.89. The number of aryl methyl sites for hydroxylation is 6. The second-order valence-electron chi connectivity index (χ2n) is 9.28. The van der Waals surface area contributed by atoms with E-state index in [0.29, 0.717) is 0 Å². The molecule has 3 heterocycles. The molecule has 6 aromatic rings. The fourth-order valence-corrected chi connectivity index (χ4v) is 4.34. The molecule has 6 rings (SSSR count). The highest BCUT2D eigenvalue weighted by molar-refractivity contribution is 5.76. The normalized spacial score (nSPS) is 9.69. The highest BCUT2D eigenvalue weighted by Gasteiger charge is 2.07. The first kappa shape index (κ1) is 35.1. The maximum Gasteiger partial charge on any atom is 0.212 e. The number of halogens is 3. The van der Waals surface area contributed by atoms with Crippen molar-refractivity contribution in [1.29, 1.82) is 0 Å². The Balaban J connectivity index is 0.000000282. The monoisotopic (exact) mass is 855 g/mol. The molecule has 0 spiro atoms. The molecule has 0 radical (unpaired) electrons. The zero-order chi connectivity index (χ0) is 25.7. The Hall–Kier alpha value is -1.92. The van der Waals surface area contributed by atoms with Crippen LogP contribution < -0.4 is 85.6 Å². The van der Waals surface area contributed by atoms with Gasteiger partial charge in [-0.25, -0.2) is 0 Å². The molecular weight excluding hydrogens is 819 g/mol. The summed E-state index contributed by atoms with van der Waals surface area (Å²) in [7, 11) is 6.28. The standard InChI is InChI=1S/3C11H12N.3HI/c3*1-9-7-8-10-5-3-4-6-11(10)12(9)2;;;/h3*3-8H,1-2H3;3*1H/q3*+1;;;/p-3. The summed E-state index contributed by atoms with van der Waals surface area (Å²) in [6, 6.07) is 38.1. The van der Waals surface area contributed by atoms with E-state index in [2.05, 4.69) is 165 Å². The van der Waals surface area contributed by atoms with Crippen LogP contribution >= 0.6 is 0 Å². The third-order valence-corrected chi connectivity index (χ3v) is 6.99. The number of aromatic nitrogens is 3. The molecular formula is C33H36I3N3. The summed E-state index contributed by atoms with van der Waals surface area (Å²) >= 11 is 0. The van der Waals surface area contributed by atoms with Crippen LogP contribution in [0.3, 0.4) is 0 Å². The second-order valence-corrected chi connectivity index (χ2v) is 9.28. The van der Waals surface area contributed by atoms with Crippen molar-refractivity contribution in [2.45, 2.75) is 20.8 Å². The van der Waals surface area contributed by atoms with Gasteiger partial charge in [-0.05, 0) is 36.4 Å². The van der Waals surface area contributed by atoms with Gasteiger partial charge in [0.25, 0.3) is 0 Å². The van der Waals surface area contributed by atoms with Gasteiger partial charge in [0.1, 0.15) is 21.1 Å². The molecule has 3 aromatic heterocycles. The Morgan fingerprint density at radius 1 is 0.333 bits per heavy atom. The number of pyridine rings is 3. The molecule has 0 unspecified atom stereocenters. The number of hydrogen-bond acceptors (Lipinski definition) is 0. The third kappa shape index (κ3) is 8.53. The first-order chi connectivity index (χ1) is 17.4. The van der Waals surface area contributed by atoms with Gasteiger partial charge in [0.05, 0.1) is 0 Å². The molecule has 39 heavy (non-hydrogen) atoms. The van der Waals surface area contributed by atoms with Gasteiger partial charge in [0, 0.05) is 73.3 Å². The summed E-state index contributed by atoms with van der Waals surface area (Å²) in [6.07, 6.45) is 0. The van der Waals surface area contributed by atoms with Crippen molar-refractivity contribution in [2.24, 2.45) is 21.1 Å². The molecule has 0 aliphatic heterocycles. The van der Waals surface area contributed by atoms with E-state index in [1.54, 1.807) is 0 Å². The van der Waals surface area contributed by atoms with Crippen molar-refractivity contribution < 1.29 is 85.6 Å². The van der Waals surface area contributed by atoms with Gasteiger partial charge in [-0.2, -0.15) is 13.7 Å². The lowest BCUT2D eigenvalue weighted by Gasteiger charge is -1.97. The first-order valence-electron chi connectivity index (χ1n) is 12.4.